The van der Waals surface area contributed by atoms with Gasteiger partial charge in [0.25, 0.3) is 5.91 Å². The van der Waals surface area contributed by atoms with Crippen molar-refractivity contribution in [2.45, 2.75) is 11.4 Å². The first-order valence-corrected chi connectivity index (χ1v) is 7.04. The van der Waals surface area contributed by atoms with Crippen LogP contribution in [0, 0.1) is 0 Å². The molecule has 0 bridgehead atoms. The van der Waals surface area contributed by atoms with Crippen LogP contribution < -0.4 is 5.32 Å². The number of hydrogen-bond donors (Lipinski definition) is 1. The number of nitrogens with zero attached hydrogens (tertiary/aromatic N) is 2. The number of aromatic nitrogens is 2. The molecule has 6 nitrogen and oxygen atoms in total. The minimum Gasteiger partial charge on any atom is -0.354 e. The zero-order valence-electron chi connectivity index (χ0n) is 10.3. The van der Waals surface area contributed by atoms with Crippen LogP contribution in [0.3, 0.4) is 0 Å². The maximum Gasteiger partial charge on any atom is 0.271 e. The Morgan fingerprint density at radius 1 is 1.56 bits per heavy atom. The molecule has 8 heteroatoms. The third kappa shape index (κ3) is 4.20. The van der Waals surface area contributed by atoms with E-state index in [0.29, 0.717) is 15.3 Å². The van der Waals surface area contributed by atoms with Gasteiger partial charge in [-0.3, -0.25) is 4.79 Å². The molecular formula is C10H14BrN3O3S. The number of amides is 1. The monoisotopic (exact) mass is 335 g/mol. The molecule has 1 rings (SSSR count). The highest BCUT2D eigenvalue weighted by molar-refractivity contribution is 9.10. The number of hydrogen-bond acceptors (Lipinski definition) is 6. The van der Waals surface area contributed by atoms with Crippen molar-refractivity contribution in [2.24, 2.45) is 0 Å². The normalized spacial score (nSPS) is 10.7. The summed E-state index contributed by atoms with van der Waals surface area (Å²) in [5, 5.41) is 3.21. The quantitative estimate of drug-likeness (QED) is 0.480. The molecule has 0 unspecified atom stereocenters. The summed E-state index contributed by atoms with van der Waals surface area (Å²) in [6.07, 6.45) is 2.92. The molecular weight excluding hydrogens is 322 g/mol. The number of halogens is 1. The summed E-state index contributed by atoms with van der Waals surface area (Å²) in [5.41, 5.74) is 0.292. The number of carbonyl (C=O) groups excluding carboxylic acids is 1. The molecule has 0 aromatic carbocycles. The lowest BCUT2D eigenvalue weighted by molar-refractivity contribution is -0.0974. The Kier molecular flexibility index (Phi) is 6.55. The highest BCUT2D eigenvalue weighted by atomic mass is 79.9. The fourth-order valence-electron chi connectivity index (χ4n) is 1.13. The molecule has 1 heterocycles. The molecule has 1 N–H and O–H groups in total. The van der Waals surface area contributed by atoms with Gasteiger partial charge in [-0.1, -0.05) is 11.8 Å². The average molecular weight is 336 g/mol. The van der Waals surface area contributed by atoms with Gasteiger partial charge in [0.05, 0.1) is 11.0 Å². The summed E-state index contributed by atoms with van der Waals surface area (Å²) < 4.78 is 10.5. The second-order valence-electron chi connectivity index (χ2n) is 3.16. The summed E-state index contributed by atoms with van der Waals surface area (Å²) >= 11 is 4.61. The highest BCUT2D eigenvalue weighted by Gasteiger charge is 2.15. The fraction of sp³-hybridized carbons (Fsp3) is 0.500. The topological polar surface area (TPSA) is 73.3 Å². The Labute approximate surface area is 118 Å². The van der Waals surface area contributed by atoms with Crippen molar-refractivity contribution >= 4 is 33.6 Å². The van der Waals surface area contributed by atoms with Crippen molar-refractivity contribution in [3.05, 3.63) is 16.4 Å². The summed E-state index contributed by atoms with van der Waals surface area (Å²) in [4.78, 5) is 20.1. The standard InChI is InChI=1S/C10H14BrN3O3S/c1-16-7(17-2)5-12-9(15)8-6(11)4-13-10(14-8)18-3/h4,7H,5H2,1-3H3,(H,12,15). The molecule has 0 aliphatic carbocycles. The van der Waals surface area contributed by atoms with Crippen molar-refractivity contribution in [3.8, 4) is 0 Å². The van der Waals surface area contributed by atoms with Crippen molar-refractivity contribution < 1.29 is 14.3 Å². The van der Waals surface area contributed by atoms with Crippen molar-refractivity contribution in [1.82, 2.24) is 15.3 Å². The molecule has 0 atom stereocenters. The lowest BCUT2D eigenvalue weighted by Gasteiger charge is -2.14. The number of thioether (sulfide) groups is 1. The molecule has 18 heavy (non-hydrogen) atoms. The average Bonchev–Trinajstić information content (AvgIpc) is 2.40. The van der Waals surface area contributed by atoms with Gasteiger partial charge < -0.3 is 14.8 Å². The Balaban J connectivity index is 2.71. The molecule has 0 aliphatic rings. The van der Waals surface area contributed by atoms with Crippen LogP contribution in [0.25, 0.3) is 0 Å². The number of rotatable bonds is 6. The Bertz CT molecular complexity index is 415. The van der Waals surface area contributed by atoms with E-state index in [0.717, 1.165) is 0 Å². The van der Waals surface area contributed by atoms with Gasteiger partial charge in [0.15, 0.2) is 11.4 Å². The molecule has 1 amide bonds. The smallest absolute Gasteiger partial charge is 0.271 e. The van der Waals surface area contributed by atoms with Crippen molar-refractivity contribution in [3.63, 3.8) is 0 Å². The summed E-state index contributed by atoms with van der Waals surface area (Å²) in [6.45, 7) is 0.247. The predicted molar refractivity (Wildman–Crippen MR) is 71.7 cm³/mol. The van der Waals surface area contributed by atoms with Gasteiger partial charge in [-0.05, 0) is 22.2 Å². The van der Waals surface area contributed by atoms with E-state index < -0.39 is 6.29 Å². The second-order valence-corrected chi connectivity index (χ2v) is 4.79. The fourth-order valence-corrected chi connectivity index (χ4v) is 1.84. The van der Waals surface area contributed by atoms with Crippen LogP contribution in [0.15, 0.2) is 15.8 Å². The third-order valence-corrected chi connectivity index (χ3v) is 3.22. The first-order valence-electron chi connectivity index (χ1n) is 5.02. The number of nitrogens with one attached hydrogen (secondary N) is 1. The molecule has 0 aliphatic heterocycles. The second kappa shape index (κ2) is 7.67. The molecule has 0 saturated heterocycles. The van der Waals surface area contributed by atoms with Gasteiger partial charge >= 0.3 is 0 Å². The highest BCUT2D eigenvalue weighted by Crippen LogP contribution is 2.16. The van der Waals surface area contributed by atoms with E-state index in [4.69, 9.17) is 9.47 Å². The van der Waals surface area contributed by atoms with Gasteiger partial charge in [-0.15, -0.1) is 0 Å². The van der Waals surface area contributed by atoms with E-state index in [1.54, 1.807) is 6.20 Å². The zero-order valence-corrected chi connectivity index (χ0v) is 12.7. The molecule has 100 valence electrons. The van der Waals surface area contributed by atoms with Crippen LogP contribution in [-0.4, -0.2) is 49.2 Å². The van der Waals surface area contributed by atoms with E-state index in [2.05, 4.69) is 31.2 Å². The Morgan fingerprint density at radius 3 is 2.78 bits per heavy atom. The SMILES string of the molecule is COC(CNC(=O)c1nc(SC)ncc1Br)OC. The van der Waals surface area contributed by atoms with E-state index in [9.17, 15) is 4.79 Å². The van der Waals surface area contributed by atoms with Crippen LogP contribution >= 0.6 is 27.7 Å². The van der Waals surface area contributed by atoms with Gasteiger partial charge in [-0.25, -0.2) is 9.97 Å². The molecule has 0 fully saturated rings. The lowest BCUT2D eigenvalue weighted by Crippen LogP contribution is -2.34. The molecule has 1 aromatic rings. The van der Waals surface area contributed by atoms with Crippen LogP contribution in [0.4, 0.5) is 0 Å². The van der Waals surface area contributed by atoms with Crippen molar-refractivity contribution in [2.75, 3.05) is 27.0 Å². The van der Waals surface area contributed by atoms with Crippen LogP contribution in [0.5, 0.6) is 0 Å². The minimum atomic E-state index is -0.477. The van der Waals surface area contributed by atoms with E-state index in [1.165, 1.54) is 26.0 Å². The largest absolute Gasteiger partial charge is 0.354 e. The van der Waals surface area contributed by atoms with Gasteiger partial charge in [0.1, 0.15) is 5.69 Å². The maximum atomic E-state index is 11.9. The molecule has 1 aromatic heterocycles. The number of ether oxygens (including phenoxy) is 2. The summed E-state index contributed by atoms with van der Waals surface area (Å²) in [7, 11) is 3.01. The minimum absolute atomic E-state index is 0.247. The van der Waals surface area contributed by atoms with E-state index in [1.807, 2.05) is 6.26 Å². The van der Waals surface area contributed by atoms with Crippen LogP contribution in [-0.2, 0) is 9.47 Å². The first-order chi connectivity index (χ1) is 8.62. The van der Waals surface area contributed by atoms with Crippen molar-refractivity contribution in [1.29, 1.82) is 0 Å². The zero-order chi connectivity index (χ0) is 13.5. The summed E-state index contributed by atoms with van der Waals surface area (Å²) in [5.74, 6) is -0.307. The summed E-state index contributed by atoms with van der Waals surface area (Å²) in [6, 6.07) is 0. The maximum absolute atomic E-state index is 11.9. The molecule has 0 saturated carbocycles. The number of carbonyl (C=O) groups is 1. The number of methoxy groups -OCH3 is 2. The van der Waals surface area contributed by atoms with Gasteiger partial charge in [-0.2, -0.15) is 0 Å². The molecule has 0 spiro atoms. The van der Waals surface area contributed by atoms with Gasteiger partial charge in [0.2, 0.25) is 0 Å². The van der Waals surface area contributed by atoms with E-state index in [-0.39, 0.29) is 12.5 Å². The first kappa shape index (κ1) is 15.4. The third-order valence-electron chi connectivity index (χ3n) is 2.07. The Morgan fingerprint density at radius 2 is 2.22 bits per heavy atom. The van der Waals surface area contributed by atoms with E-state index >= 15 is 0 Å². The Hall–Kier alpha value is -0.700. The van der Waals surface area contributed by atoms with Crippen LogP contribution in [0.1, 0.15) is 10.5 Å². The van der Waals surface area contributed by atoms with Gasteiger partial charge in [0, 0.05) is 20.4 Å². The lowest BCUT2D eigenvalue weighted by atomic mass is 10.4. The molecule has 0 radical (unpaired) electrons. The van der Waals surface area contributed by atoms with Crippen LogP contribution in [0.2, 0.25) is 0 Å². The predicted octanol–water partition coefficient (Wildman–Crippen LogP) is 1.31.